The third-order valence-electron chi connectivity index (χ3n) is 4.75. The first-order chi connectivity index (χ1) is 16.9. The summed E-state index contributed by atoms with van der Waals surface area (Å²) < 4.78 is 15.6. The van der Waals surface area contributed by atoms with Crippen molar-refractivity contribution in [3.63, 3.8) is 0 Å². The fourth-order valence-electron chi connectivity index (χ4n) is 2.95. The Balaban J connectivity index is 1.65. The van der Waals surface area contributed by atoms with Crippen LogP contribution in [-0.2, 0) is 23.9 Å². The van der Waals surface area contributed by atoms with Crippen molar-refractivity contribution < 1.29 is 33.4 Å². The molecule has 188 valence electrons. The van der Waals surface area contributed by atoms with E-state index in [-0.39, 0.29) is 25.2 Å². The zero-order valence-electron chi connectivity index (χ0n) is 20.1. The molecular formula is C26H32N2O7. The summed E-state index contributed by atoms with van der Waals surface area (Å²) >= 11 is 0. The lowest BCUT2D eigenvalue weighted by Crippen LogP contribution is -2.21. The molecule has 0 unspecified atom stereocenters. The quantitative estimate of drug-likeness (QED) is 0.302. The van der Waals surface area contributed by atoms with Crippen LogP contribution in [0.5, 0.6) is 5.75 Å². The smallest absolute Gasteiger partial charge is 0.338 e. The summed E-state index contributed by atoms with van der Waals surface area (Å²) in [6, 6.07) is 13.4. The molecule has 0 heterocycles. The predicted molar refractivity (Wildman–Crippen MR) is 131 cm³/mol. The minimum absolute atomic E-state index is 0.00122. The summed E-state index contributed by atoms with van der Waals surface area (Å²) in [4.78, 5) is 48.0. The maximum absolute atomic E-state index is 12.1. The summed E-state index contributed by atoms with van der Waals surface area (Å²) in [5.74, 6) is -1.21. The number of amides is 2. The maximum atomic E-state index is 12.1. The normalized spacial score (nSPS) is 10.2. The van der Waals surface area contributed by atoms with Crippen molar-refractivity contribution in [2.45, 2.75) is 46.0 Å². The monoisotopic (exact) mass is 484 g/mol. The fraction of sp³-hybridized carbons (Fsp3) is 0.385. The number of carbonyl (C=O) groups is 4. The number of carbonyl (C=O) groups excluding carboxylic acids is 4. The van der Waals surface area contributed by atoms with Crippen LogP contribution in [0.1, 0.15) is 56.3 Å². The number of hydrogen-bond acceptors (Lipinski definition) is 7. The first-order valence-electron chi connectivity index (χ1n) is 11.7. The molecular weight excluding hydrogens is 452 g/mol. The van der Waals surface area contributed by atoms with Gasteiger partial charge in [0.15, 0.2) is 6.61 Å². The van der Waals surface area contributed by atoms with Gasteiger partial charge in [-0.25, -0.2) is 4.79 Å². The lowest BCUT2D eigenvalue weighted by Gasteiger charge is -2.11. The molecule has 0 aliphatic carbocycles. The molecule has 9 heteroatoms. The van der Waals surface area contributed by atoms with E-state index in [1.807, 2.05) is 13.8 Å². The van der Waals surface area contributed by atoms with E-state index in [9.17, 15) is 19.2 Å². The molecule has 0 fully saturated rings. The fourth-order valence-corrected chi connectivity index (χ4v) is 2.95. The highest BCUT2D eigenvalue weighted by atomic mass is 16.5. The minimum atomic E-state index is -0.572. The van der Waals surface area contributed by atoms with Crippen LogP contribution in [0.3, 0.4) is 0 Å². The second-order valence-electron chi connectivity index (χ2n) is 7.61. The van der Waals surface area contributed by atoms with Gasteiger partial charge in [-0.05, 0) is 56.2 Å². The predicted octanol–water partition coefficient (Wildman–Crippen LogP) is 4.33. The van der Waals surface area contributed by atoms with E-state index in [0.29, 0.717) is 35.9 Å². The molecule has 0 radical (unpaired) electrons. The molecule has 0 aliphatic rings. The third kappa shape index (κ3) is 10.3. The van der Waals surface area contributed by atoms with Crippen molar-refractivity contribution in [3.8, 4) is 5.75 Å². The van der Waals surface area contributed by atoms with Crippen molar-refractivity contribution in [2.75, 3.05) is 30.5 Å². The number of ether oxygens (including phenoxy) is 3. The van der Waals surface area contributed by atoms with Gasteiger partial charge in [0.25, 0.3) is 5.91 Å². The highest BCUT2D eigenvalue weighted by Gasteiger charge is 2.12. The number of rotatable bonds is 14. The topological polar surface area (TPSA) is 120 Å². The second kappa shape index (κ2) is 15.1. The van der Waals surface area contributed by atoms with Gasteiger partial charge in [-0.1, -0.05) is 25.5 Å². The van der Waals surface area contributed by atoms with E-state index < -0.39 is 24.5 Å². The molecule has 0 aliphatic heterocycles. The highest BCUT2D eigenvalue weighted by Crippen LogP contribution is 2.23. The molecule has 2 aromatic carbocycles. The molecule has 0 spiro atoms. The lowest BCUT2D eigenvalue weighted by atomic mass is 10.2. The van der Waals surface area contributed by atoms with Crippen LogP contribution < -0.4 is 15.4 Å². The molecule has 0 saturated carbocycles. The van der Waals surface area contributed by atoms with Gasteiger partial charge in [-0.2, -0.15) is 0 Å². The summed E-state index contributed by atoms with van der Waals surface area (Å²) in [6.07, 6.45) is 2.11. The molecule has 0 atom stereocenters. The van der Waals surface area contributed by atoms with Gasteiger partial charge in [-0.15, -0.1) is 0 Å². The summed E-state index contributed by atoms with van der Waals surface area (Å²) in [6.45, 7) is 4.25. The minimum Gasteiger partial charge on any atom is -0.492 e. The van der Waals surface area contributed by atoms with E-state index in [0.717, 1.165) is 12.8 Å². The Morgan fingerprint density at radius 2 is 1.54 bits per heavy atom. The van der Waals surface area contributed by atoms with E-state index >= 15 is 0 Å². The van der Waals surface area contributed by atoms with Crippen LogP contribution in [0.25, 0.3) is 0 Å². The average Bonchev–Trinajstić information content (AvgIpc) is 2.84. The summed E-state index contributed by atoms with van der Waals surface area (Å²) in [7, 11) is 0. The van der Waals surface area contributed by atoms with Crippen molar-refractivity contribution >= 4 is 35.1 Å². The van der Waals surface area contributed by atoms with Crippen LogP contribution in [0.4, 0.5) is 11.4 Å². The van der Waals surface area contributed by atoms with Crippen LogP contribution >= 0.6 is 0 Å². The van der Waals surface area contributed by atoms with Crippen LogP contribution in [-0.4, -0.2) is 43.6 Å². The lowest BCUT2D eigenvalue weighted by molar-refractivity contribution is -0.147. The van der Waals surface area contributed by atoms with E-state index in [1.54, 1.807) is 48.5 Å². The molecule has 9 nitrogen and oxygen atoms in total. The molecule has 35 heavy (non-hydrogen) atoms. The number of nitrogens with one attached hydrogen (secondary N) is 2. The largest absolute Gasteiger partial charge is 0.492 e. The van der Waals surface area contributed by atoms with E-state index in [1.165, 1.54) is 0 Å². The van der Waals surface area contributed by atoms with Gasteiger partial charge < -0.3 is 24.8 Å². The standard InChI is InChI=1S/C26H32N2O7/c1-3-5-17-34-26(32)19-13-15-20(16-14-19)27-23(29)11-8-12-25(31)35-18-24(30)28-21-9-6-7-10-22(21)33-4-2/h6-7,9-10,13-16H,3-5,8,11-12,17-18H2,1-2H3,(H,27,29)(H,28,30). The van der Waals surface area contributed by atoms with E-state index in [2.05, 4.69) is 10.6 Å². The Morgan fingerprint density at radius 1 is 0.800 bits per heavy atom. The number of hydrogen-bond donors (Lipinski definition) is 2. The van der Waals surface area contributed by atoms with Gasteiger partial charge in [0, 0.05) is 18.5 Å². The van der Waals surface area contributed by atoms with Gasteiger partial charge in [-0.3, -0.25) is 14.4 Å². The van der Waals surface area contributed by atoms with Crippen LogP contribution in [0.2, 0.25) is 0 Å². The second-order valence-corrected chi connectivity index (χ2v) is 7.61. The summed E-state index contributed by atoms with van der Waals surface area (Å²) in [5, 5.41) is 5.35. The maximum Gasteiger partial charge on any atom is 0.338 e. The van der Waals surface area contributed by atoms with Gasteiger partial charge in [0.05, 0.1) is 24.5 Å². The molecule has 2 aromatic rings. The number of anilines is 2. The SMILES string of the molecule is CCCCOC(=O)c1ccc(NC(=O)CCCC(=O)OCC(=O)Nc2ccccc2OCC)cc1. The first kappa shape index (κ1) is 27.4. The number of unbranched alkanes of at least 4 members (excludes halogenated alkanes) is 1. The van der Waals surface area contributed by atoms with Crippen molar-refractivity contribution in [1.82, 2.24) is 0 Å². The first-order valence-corrected chi connectivity index (χ1v) is 11.7. The van der Waals surface area contributed by atoms with Crippen molar-refractivity contribution in [3.05, 3.63) is 54.1 Å². The molecule has 0 saturated heterocycles. The molecule has 2 amide bonds. The molecule has 2 rings (SSSR count). The van der Waals surface area contributed by atoms with Gasteiger partial charge in [0.1, 0.15) is 5.75 Å². The Hall–Kier alpha value is -3.88. The molecule has 0 bridgehead atoms. The zero-order chi connectivity index (χ0) is 25.5. The summed E-state index contributed by atoms with van der Waals surface area (Å²) in [5.41, 5.74) is 1.44. The Labute approximate surface area is 205 Å². The number of benzene rings is 2. The highest BCUT2D eigenvalue weighted by molar-refractivity contribution is 5.94. The zero-order valence-corrected chi connectivity index (χ0v) is 20.1. The Kier molecular flexibility index (Phi) is 11.8. The Bertz CT molecular complexity index is 989. The van der Waals surface area contributed by atoms with Crippen molar-refractivity contribution in [2.24, 2.45) is 0 Å². The van der Waals surface area contributed by atoms with E-state index in [4.69, 9.17) is 14.2 Å². The van der Waals surface area contributed by atoms with Crippen molar-refractivity contribution in [1.29, 1.82) is 0 Å². The average molecular weight is 485 g/mol. The van der Waals surface area contributed by atoms with Gasteiger partial charge in [0.2, 0.25) is 5.91 Å². The van der Waals surface area contributed by atoms with Crippen LogP contribution in [0.15, 0.2) is 48.5 Å². The number of esters is 2. The van der Waals surface area contributed by atoms with Gasteiger partial charge >= 0.3 is 11.9 Å². The molecule has 0 aromatic heterocycles. The third-order valence-corrected chi connectivity index (χ3v) is 4.75. The van der Waals surface area contributed by atoms with Crippen LogP contribution in [0, 0.1) is 0 Å². The molecule has 2 N–H and O–H groups in total. The Morgan fingerprint density at radius 3 is 2.26 bits per heavy atom. The number of para-hydroxylation sites is 2.